The first-order valence-corrected chi connectivity index (χ1v) is 9.65. The Morgan fingerprint density at radius 3 is 2.67 bits per heavy atom. The molecular formula is C22H26N4O. The van der Waals surface area contributed by atoms with Crippen molar-refractivity contribution in [2.75, 3.05) is 13.1 Å². The third-order valence-electron chi connectivity index (χ3n) is 5.61. The average Bonchev–Trinajstić information content (AvgIpc) is 3.12. The Morgan fingerprint density at radius 2 is 1.96 bits per heavy atom. The minimum atomic E-state index is -0.451. The summed E-state index contributed by atoms with van der Waals surface area (Å²) in [5.41, 5.74) is 8.95. The van der Waals surface area contributed by atoms with Crippen LogP contribution in [0.4, 0.5) is 0 Å². The van der Waals surface area contributed by atoms with E-state index in [9.17, 15) is 4.79 Å². The number of benzene rings is 2. The third-order valence-corrected chi connectivity index (χ3v) is 5.61. The van der Waals surface area contributed by atoms with Crippen molar-refractivity contribution in [3.05, 3.63) is 59.8 Å². The summed E-state index contributed by atoms with van der Waals surface area (Å²) in [6, 6.07) is 14.7. The highest BCUT2D eigenvalue weighted by Gasteiger charge is 2.22. The van der Waals surface area contributed by atoms with E-state index >= 15 is 0 Å². The molecule has 1 amide bonds. The van der Waals surface area contributed by atoms with E-state index in [1.165, 1.54) is 24.9 Å². The first-order chi connectivity index (χ1) is 13.0. The van der Waals surface area contributed by atoms with E-state index in [0.717, 1.165) is 17.6 Å². The highest BCUT2D eigenvalue weighted by Crippen LogP contribution is 2.29. The Balaban J connectivity index is 1.60. The van der Waals surface area contributed by atoms with Crippen molar-refractivity contribution in [1.82, 2.24) is 14.7 Å². The maximum Gasteiger partial charge on any atom is 0.250 e. The van der Waals surface area contributed by atoms with Crippen molar-refractivity contribution < 1.29 is 4.79 Å². The quantitative estimate of drug-likeness (QED) is 0.769. The van der Waals surface area contributed by atoms with Gasteiger partial charge in [-0.05, 0) is 62.9 Å². The molecule has 1 saturated heterocycles. The number of primary amides is 1. The fraction of sp³-hybridized carbons (Fsp3) is 0.364. The average molecular weight is 362 g/mol. The van der Waals surface area contributed by atoms with Gasteiger partial charge in [-0.15, -0.1) is 0 Å². The lowest BCUT2D eigenvalue weighted by molar-refractivity contribution is 0.100. The molecule has 0 bridgehead atoms. The number of likely N-dealkylation sites (tertiary alicyclic amines) is 1. The Hall–Kier alpha value is -2.66. The Bertz CT molecular complexity index is 958. The van der Waals surface area contributed by atoms with Gasteiger partial charge in [-0.1, -0.05) is 24.3 Å². The summed E-state index contributed by atoms with van der Waals surface area (Å²) in [5, 5.41) is 5.50. The molecule has 0 spiro atoms. The summed E-state index contributed by atoms with van der Waals surface area (Å²) in [6.45, 7) is 6.88. The standard InChI is InChI=1S/C22H26N4O/c1-15(2)25-12-4-6-17(13-25)16-8-10-19(11-9-16)26-14-18-5-3-7-20(22(23)27)21(18)24-26/h3,5,7-11,14-15,17H,4,6,12-13H2,1-2H3,(H2,23,27)/t17-/m0/s1. The van der Waals surface area contributed by atoms with Gasteiger partial charge >= 0.3 is 0 Å². The SMILES string of the molecule is CC(C)N1CCC[C@H](c2ccc(-n3cc4cccc(C(N)=O)c4n3)cc2)C1. The van der Waals surface area contributed by atoms with Gasteiger partial charge in [0.1, 0.15) is 5.52 Å². The summed E-state index contributed by atoms with van der Waals surface area (Å²) in [6.07, 6.45) is 4.44. The summed E-state index contributed by atoms with van der Waals surface area (Å²) in [4.78, 5) is 14.2. The van der Waals surface area contributed by atoms with Gasteiger partial charge in [0.25, 0.3) is 5.91 Å². The van der Waals surface area contributed by atoms with E-state index in [-0.39, 0.29) is 0 Å². The molecule has 2 heterocycles. The Morgan fingerprint density at radius 1 is 1.19 bits per heavy atom. The number of nitrogens with two attached hydrogens (primary N) is 1. The van der Waals surface area contributed by atoms with Gasteiger partial charge in [0.15, 0.2) is 0 Å². The first kappa shape index (κ1) is 17.7. The van der Waals surface area contributed by atoms with E-state index in [1.54, 1.807) is 6.07 Å². The lowest BCUT2D eigenvalue weighted by Gasteiger charge is -2.35. The number of nitrogens with zero attached hydrogens (tertiary/aromatic N) is 3. The van der Waals surface area contributed by atoms with Gasteiger partial charge in [0.05, 0.1) is 11.3 Å². The molecular weight excluding hydrogens is 336 g/mol. The zero-order valence-electron chi connectivity index (χ0n) is 15.9. The molecule has 0 unspecified atom stereocenters. The zero-order chi connectivity index (χ0) is 19.0. The molecule has 1 aliphatic heterocycles. The molecule has 140 valence electrons. The number of fused-ring (bicyclic) bond motifs is 1. The molecule has 0 saturated carbocycles. The molecule has 2 N–H and O–H groups in total. The minimum Gasteiger partial charge on any atom is -0.366 e. The molecule has 1 aliphatic rings. The van der Waals surface area contributed by atoms with E-state index in [4.69, 9.17) is 5.73 Å². The first-order valence-electron chi connectivity index (χ1n) is 9.65. The Kier molecular flexibility index (Phi) is 4.70. The van der Waals surface area contributed by atoms with Crippen LogP contribution in [0.25, 0.3) is 16.6 Å². The summed E-state index contributed by atoms with van der Waals surface area (Å²) < 4.78 is 1.82. The van der Waals surface area contributed by atoms with Crippen LogP contribution in [-0.2, 0) is 0 Å². The van der Waals surface area contributed by atoms with Crippen molar-refractivity contribution in [1.29, 1.82) is 0 Å². The summed E-state index contributed by atoms with van der Waals surface area (Å²) >= 11 is 0. The second-order valence-electron chi connectivity index (χ2n) is 7.70. The predicted octanol–water partition coefficient (Wildman–Crippen LogP) is 3.71. The van der Waals surface area contributed by atoms with Crippen molar-refractivity contribution in [2.24, 2.45) is 5.73 Å². The van der Waals surface area contributed by atoms with Crippen molar-refractivity contribution >= 4 is 16.8 Å². The molecule has 4 rings (SSSR count). The number of piperidine rings is 1. The fourth-order valence-corrected chi connectivity index (χ4v) is 4.02. The molecule has 2 aromatic carbocycles. The molecule has 0 aliphatic carbocycles. The molecule has 0 radical (unpaired) electrons. The Labute approximate surface area is 159 Å². The number of rotatable bonds is 4. The maximum atomic E-state index is 11.6. The van der Waals surface area contributed by atoms with E-state index in [0.29, 0.717) is 23.0 Å². The third kappa shape index (κ3) is 3.47. The summed E-state index contributed by atoms with van der Waals surface area (Å²) in [5.74, 6) is 0.140. The summed E-state index contributed by atoms with van der Waals surface area (Å²) in [7, 11) is 0. The number of amides is 1. The van der Waals surface area contributed by atoms with Crippen LogP contribution >= 0.6 is 0 Å². The van der Waals surface area contributed by atoms with Crippen LogP contribution in [0, 0.1) is 0 Å². The van der Waals surface area contributed by atoms with Gasteiger partial charge in [-0.25, -0.2) is 4.68 Å². The van der Waals surface area contributed by atoms with Crippen LogP contribution in [0.3, 0.4) is 0 Å². The van der Waals surface area contributed by atoms with E-state index in [2.05, 4.69) is 48.1 Å². The monoisotopic (exact) mass is 362 g/mol. The zero-order valence-corrected chi connectivity index (χ0v) is 15.9. The number of hydrogen-bond donors (Lipinski definition) is 1. The van der Waals surface area contributed by atoms with Crippen LogP contribution < -0.4 is 5.73 Å². The van der Waals surface area contributed by atoms with Gasteiger partial charge in [-0.3, -0.25) is 4.79 Å². The van der Waals surface area contributed by atoms with Crippen LogP contribution in [-0.4, -0.2) is 39.7 Å². The molecule has 27 heavy (non-hydrogen) atoms. The number of aromatic nitrogens is 2. The van der Waals surface area contributed by atoms with Gasteiger partial charge in [0, 0.05) is 24.2 Å². The normalized spacial score (nSPS) is 18.3. The molecule has 3 aromatic rings. The lowest BCUT2D eigenvalue weighted by atomic mass is 9.90. The maximum absolute atomic E-state index is 11.6. The van der Waals surface area contributed by atoms with Crippen LogP contribution in [0.2, 0.25) is 0 Å². The second-order valence-corrected chi connectivity index (χ2v) is 7.70. The topological polar surface area (TPSA) is 64.2 Å². The van der Waals surface area contributed by atoms with Gasteiger partial charge in [0.2, 0.25) is 0 Å². The lowest BCUT2D eigenvalue weighted by Crippen LogP contribution is -2.39. The number of carbonyl (C=O) groups is 1. The highest BCUT2D eigenvalue weighted by molar-refractivity contribution is 6.04. The second kappa shape index (κ2) is 7.16. The predicted molar refractivity (Wildman–Crippen MR) is 108 cm³/mol. The molecule has 1 fully saturated rings. The van der Waals surface area contributed by atoms with Crippen LogP contribution in [0.1, 0.15) is 48.5 Å². The van der Waals surface area contributed by atoms with E-state index in [1.807, 2.05) is 23.0 Å². The van der Waals surface area contributed by atoms with Crippen molar-refractivity contribution in [2.45, 2.75) is 38.6 Å². The molecule has 1 aromatic heterocycles. The smallest absolute Gasteiger partial charge is 0.250 e. The van der Waals surface area contributed by atoms with E-state index < -0.39 is 5.91 Å². The number of carbonyl (C=O) groups excluding carboxylic acids is 1. The largest absolute Gasteiger partial charge is 0.366 e. The highest BCUT2D eigenvalue weighted by atomic mass is 16.1. The van der Waals surface area contributed by atoms with Crippen LogP contribution in [0.5, 0.6) is 0 Å². The van der Waals surface area contributed by atoms with Crippen molar-refractivity contribution in [3.63, 3.8) is 0 Å². The molecule has 1 atom stereocenters. The molecule has 5 heteroatoms. The van der Waals surface area contributed by atoms with Crippen LogP contribution in [0.15, 0.2) is 48.7 Å². The fourth-order valence-electron chi connectivity index (χ4n) is 4.02. The van der Waals surface area contributed by atoms with Gasteiger partial charge < -0.3 is 10.6 Å². The van der Waals surface area contributed by atoms with Gasteiger partial charge in [-0.2, -0.15) is 5.10 Å². The van der Waals surface area contributed by atoms with Crippen molar-refractivity contribution in [3.8, 4) is 5.69 Å². The minimum absolute atomic E-state index is 0.451. The molecule has 5 nitrogen and oxygen atoms in total. The number of hydrogen-bond acceptors (Lipinski definition) is 3.